The number of aliphatic imine (C=N–C) groups is 1. The van der Waals surface area contributed by atoms with Crippen LogP contribution >= 0.6 is 11.8 Å². The van der Waals surface area contributed by atoms with Crippen LogP contribution in [0.15, 0.2) is 47.5 Å². The number of hydrogen-bond acceptors (Lipinski definition) is 5. The Morgan fingerprint density at radius 2 is 1.96 bits per heavy atom. The fourth-order valence-electron chi connectivity index (χ4n) is 2.72. The van der Waals surface area contributed by atoms with Crippen LogP contribution in [0, 0.1) is 13.8 Å². The summed E-state index contributed by atoms with van der Waals surface area (Å²) in [5, 5.41) is 5.61. The minimum atomic E-state index is -0.494. The minimum absolute atomic E-state index is 0.0789. The highest BCUT2D eigenvalue weighted by atomic mass is 32.2. The third-order valence-corrected chi connectivity index (χ3v) is 5.26. The first-order valence-electron chi connectivity index (χ1n) is 9.11. The van der Waals surface area contributed by atoms with Gasteiger partial charge in [0.1, 0.15) is 11.0 Å². The third-order valence-electron chi connectivity index (χ3n) is 4.18. The molecule has 0 aliphatic carbocycles. The number of aryl methyl sites for hydroxylation is 2. The zero-order valence-electron chi connectivity index (χ0n) is 16.1. The van der Waals surface area contributed by atoms with Gasteiger partial charge in [-0.1, -0.05) is 23.9 Å². The average Bonchev–Trinajstić information content (AvgIpc) is 2.99. The van der Waals surface area contributed by atoms with Crippen LogP contribution in [-0.2, 0) is 9.59 Å². The number of thioether (sulfide) groups is 1. The van der Waals surface area contributed by atoms with Gasteiger partial charge in [-0.15, -0.1) is 0 Å². The lowest BCUT2D eigenvalue weighted by atomic mass is 10.1. The number of nitrogens with zero attached hydrogens (tertiary/aromatic N) is 1. The van der Waals surface area contributed by atoms with Gasteiger partial charge < -0.3 is 15.4 Å². The number of hydrogen-bond donors (Lipinski definition) is 2. The van der Waals surface area contributed by atoms with Crippen LogP contribution in [0.25, 0.3) is 0 Å². The molecule has 0 radical (unpaired) electrons. The van der Waals surface area contributed by atoms with Crippen molar-refractivity contribution in [2.45, 2.75) is 32.4 Å². The van der Waals surface area contributed by atoms with Crippen LogP contribution in [0.1, 0.15) is 24.5 Å². The molecule has 2 N–H and O–H groups in total. The molecule has 3 rings (SSSR count). The SMILES string of the molecule is CCOc1ccc(NC(=O)C[C@@H]2SC(=Nc3cc(C)ccc3C)NC2=O)cc1. The maximum atomic E-state index is 12.3. The van der Waals surface area contributed by atoms with Crippen molar-refractivity contribution in [1.29, 1.82) is 0 Å². The van der Waals surface area contributed by atoms with Crippen molar-refractivity contribution in [2.75, 3.05) is 11.9 Å². The van der Waals surface area contributed by atoms with E-state index in [1.807, 2.05) is 39.0 Å². The topological polar surface area (TPSA) is 79.8 Å². The first-order chi connectivity index (χ1) is 13.4. The predicted molar refractivity (Wildman–Crippen MR) is 113 cm³/mol. The van der Waals surface area contributed by atoms with E-state index < -0.39 is 5.25 Å². The number of carbonyl (C=O) groups excluding carboxylic acids is 2. The van der Waals surface area contributed by atoms with Crippen LogP contribution in [0.3, 0.4) is 0 Å². The molecule has 6 nitrogen and oxygen atoms in total. The summed E-state index contributed by atoms with van der Waals surface area (Å²) in [6.45, 7) is 6.48. The summed E-state index contributed by atoms with van der Waals surface area (Å²) in [7, 11) is 0. The van der Waals surface area contributed by atoms with Gasteiger partial charge in [0.25, 0.3) is 0 Å². The number of ether oxygens (including phenoxy) is 1. The molecule has 1 heterocycles. The molecule has 28 heavy (non-hydrogen) atoms. The van der Waals surface area contributed by atoms with Crippen molar-refractivity contribution in [3.05, 3.63) is 53.6 Å². The van der Waals surface area contributed by atoms with E-state index in [-0.39, 0.29) is 18.2 Å². The molecule has 0 spiro atoms. The number of amidine groups is 1. The van der Waals surface area contributed by atoms with Gasteiger partial charge in [-0.3, -0.25) is 9.59 Å². The first-order valence-corrected chi connectivity index (χ1v) is 9.98. The molecule has 2 aromatic rings. The predicted octanol–water partition coefficient (Wildman–Crippen LogP) is 3.95. The molecule has 1 aliphatic rings. The Bertz CT molecular complexity index is 910. The molecule has 2 amide bonds. The molecule has 0 aromatic heterocycles. The van der Waals surface area contributed by atoms with Crippen LogP contribution in [0.4, 0.5) is 11.4 Å². The summed E-state index contributed by atoms with van der Waals surface area (Å²) in [5.41, 5.74) is 3.62. The normalized spacial score (nSPS) is 17.5. The van der Waals surface area contributed by atoms with Gasteiger partial charge in [0.2, 0.25) is 11.8 Å². The van der Waals surface area contributed by atoms with E-state index in [1.54, 1.807) is 24.3 Å². The van der Waals surface area contributed by atoms with Crippen molar-refractivity contribution in [1.82, 2.24) is 5.32 Å². The second-order valence-corrected chi connectivity index (χ2v) is 7.70. The molecular formula is C21H23N3O3S. The van der Waals surface area contributed by atoms with Crippen LogP contribution in [-0.4, -0.2) is 28.8 Å². The molecule has 1 saturated heterocycles. The zero-order chi connectivity index (χ0) is 20.1. The second kappa shape index (κ2) is 8.93. The van der Waals surface area contributed by atoms with Gasteiger partial charge in [0.05, 0.1) is 12.3 Å². The van der Waals surface area contributed by atoms with E-state index in [2.05, 4.69) is 15.6 Å². The Morgan fingerprint density at radius 3 is 2.68 bits per heavy atom. The lowest BCUT2D eigenvalue weighted by Crippen LogP contribution is -2.28. The second-order valence-electron chi connectivity index (χ2n) is 6.51. The van der Waals surface area contributed by atoms with Crippen LogP contribution < -0.4 is 15.4 Å². The maximum Gasteiger partial charge on any atom is 0.240 e. The van der Waals surface area contributed by atoms with Crippen molar-refractivity contribution in [3.63, 3.8) is 0 Å². The van der Waals surface area contributed by atoms with Crippen molar-refractivity contribution in [2.24, 2.45) is 4.99 Å². The van der Waals surface area contributed by atoms with E-state index in [0.717, 1.165) is 22.6 Å². The lowest BCUT2D eigenvalue weighted by Gasteiger charge is -2.08. The Labute approximate surface area is 168 Å². The summed E-state index contributed by atoms with van der Waals surface area (Å²) >= 11 is 1.28. The average molecular weight is 398 g/mol. The minimum Gasteiger partial charge on any atom is -0.494 e. The molecule has 0 unspecified atom stereocenters. The Hall–Kier alpha value is -2.80. The highest BCUT2D eigenvalue weighted by Crippen LogP contribution is 2.27. The fraction of sp³-hybridized carbons (Fsp3) is 0.286. The molecule has 0 bridgehead atoms. The Morgan fingerprint density at radius 1 is 1.21 bits per heavy atom. The van der Waals surface area contributed by atoms with E-state index in [1.165, 1.54) is 11.8 Å². The first kappa shape index (κ1) is 19.9. The third kappa shape index (κ3) is 5.13. The highest BCUT2D eigenvalue weighted by molar-refractivity contribution is 8.15. The largest absolute Gasteiger partial charge is 0.494 e. The number of nitrogens with one attached hydrogen (secondary N) is 2. The van der Waals surface area contributed by atoms with Gasteiger partial charge in [-0.05, 0) is 62.2 Å². The summed E-state index contributed by atoms with van der Waals surface area (Å²) in [6.07, 6.45) is 0.0789. The summed E-state index contributed by atoms with van der Waals surface area (Å²) in [4.78, 5) is 29.1. The smallest absolute Gasteiger partial charge is 0.240 e. The van der Waals surface area contributed by atoms with Gasteiger partial charge in [0, 0.05) is 12.1 Å². The number of rotatable bonds is 6. The van der Waals surface area contributed by atoms with E-state index >= 15 is 0 Å². The van der Waals surface area contributed by atoms with Crippen molar-refractivity contribution in [3.8, 4) is 5.75 Å². The summed E-state index contributed by atoms with van der Waals surface area (Å²) < 4.78 is 5.38. The zero-order valence-corrected chi connectivity index (χ0v) is 16.9. The molecule has 2 aromatic carbocycles. The molecule has 1 fully saturated rings. The summed E-state index contributed by atoms with van der Waals surface area (Å²) in [5.74, 6) is 0.333. The molecule has 7 heteroatoms. The van der Waals surface area contributed by atoms with Gasteiger partial charge in [0.15, 0.2) is 5.17 Å². The van der Waals surface area contributed by atoms with Crippen LogP contribution in [0.2, 0.25) is 0 Å². The van der Waals surface area contributed by atoms with Gasteiger partial charge >= 0.3 is 0 Å². The van der Waals surface area contributed by atoms with Crippen molar-refractivity contribution < 1.29 is 14.3 Å². The maximum absolute atomic E-state index is 12.3. The number of amides is 2. The molecular weight excluding hydrogens is 374 g/mol. The molecule has 0 saturated carbocycles. The van der Waals surface area contributed by atoms with E-state index in [4.69, 9.17) is 4.74 Å². The molecule has 1 atom stereocenters. The summed E-state index contributed by atoms with van der Waals surface area (Å²) in [6, 6.07) is 13.1. The lowest BCUT2D eigenvalue weighted by molar-refractivity contribution is -0.122. The van der Waals surface area contributed by atoms with Gasteiger partial charge in [-0.2, -0.15) is 0 Å². The Balaban J connectivity index is 1.60. The van der Waals surface area contributed by atoms with E-state index in [9.17, 15) is 9.59 Å². The fourth-order valence-corrected chi connectivity index (χ4v) is 3.70. The van der Waals surface area contributed by atoms with Crippen LogP contribution in [0.5, 0.6) is 5.75 Å². The highest BCUT2D eigenvalue weighted by Gasteiger charge is 2.32. The number of anilines is 1. The van der Waals surface area contributed by atoms with Crippen molar-refractivity contribution >= 4 is 40.1 Å². The Kier molecular flexibility index (Phi) is 6.36. The van der Waals surface area contributed by atoms with Gasteiger partial charge in [-0.25, -0.2) is 4.99 Å². The van der Waals surface area contributed by atoms with E-state index in [0.29, 0.717) is 17.5 Å². The number of carbonyl (C=O) groups is 2. The number of benzene rings is 2. The standard InChI is InChI=1S/C21H23N3O3S/c1-4-27-16-9-7-15(8-10-16)22-19(25)12-18-20(26)24-21(28-18)23-17-11-13(2)5-6-14(17)3/h5-11,18H,4,12H2,1-3H3,(H,22,25)(H,23,24,26)/t18-/m0/s1. The molecule has 1 aliphatic heterocycles. The molecule has 146 valence electrons. The quantitative estimate of drug-likeness (QED) is 0.773. The monoisotopic (exact) mass is 397 g/mol.